The van der Waals surface area contributed by atoms with Crippen LogP contribution in [0.1, 0.15) is 5.56 Å². The number of carbonyl (C=O) groups is 1. The molecule has 1 N–H and O–H groups in total. The Morgan fingerprint density at radius 2 is 1.74 bits per heavy atom. The van der Waals surface area contributed by atoms with Crippen molar-refractivity contribution in [1.29, 1.82) is 0 Å². The van der Waals surface area contributed by atoms with Crippen molar-refractivity contribution in [1.82, 2.24) is 9.13 Å². The van der Waals surface area contributed by atoms with Crippen LogP contribution in [-0.4, -0.2) is 15.0 Å². The van der Waals surface area contributed by atoms with E-state index >= 15 is 0 Å². The van der Waals surface area contributed by atoms with E-state index in [-0.39, 0.29) is 28.0 Å². The summed E-state index contributed by atoms with van der Waals surface area (Å²) in [4.78, 5) is 38.3. The Bertz CT molecular complexity index is 1420. The van der Waals surface area contributed by atoms with Gasteiger partial charge in [0, 0.05) is 11.6 Å². The molecular weight excluding hydrogens is 431 g/mol. The fraction of sp³-hybridized carbons (Fsp3) is 0.0952. The summed E-state index contributed by atoms with van der Waals surface area (Å²) in [7, 11) is 0. The first-order valence-corrected chi connectivity index (χ1v) is 9.92. The van der Waals surface area contributed by atoms with Gasteiger partial charge in [-0.1, -0.05) is 18.2 Å². The van der Waals surface area contributed by atoms with Crippen molar-refractivity contribution in [2.24, 2.45) is 0 Å². The molecule has 2 aromatic carbocycles. The molecule has 10 heteroatoms. The van der Waals surface area contributed by atoms with Crippen LogP contribution in [0.4, 0.5) is 18.9 Å². The van der Waals surface area contributed by atoms with Crippen LogP contribution in [-0.2, 0) is 17.9 Å². The van der Waals surface area contributed by atoms with Crippen molar-refractivity contribution >= 4 is 33.1 Å². The molecule has 0 spiro atoms. The second-order valence-electron chi connectivity index (χ2n) is 6.66. The van der Waals surface area contributed by atoms with Gasteiger partial charge in [0.25, 0.3) is 5.56 Å². The van der Waals surface area contributed by atoms with Gasteiger partial charge in [-0.05, 0) is 29.6 Å². The Kier molecular flexibility index (Phi) is 5.47. The van der Waals surface area contributed by atoms with Crippen molar-refractivity contribution < 1.29 is 18.0 Å². The minimum Gasteiger partial charge on any atom is -0.322 e. The van der Waals surface area contributed by atoms with E-state index in [2.05, 4.69) is 5.32 Å². The number of anilines is 1. The van der Waals surface area contributed by atoms with Gasteiger partial charge in [-0.15, -0.1) is 11.3 Å². The van der Waals surface area contributed by atoms with E-state index in [0.717, 1.165) is 38.7 Å². The zero-order valence-corrected chi connectivity index (χ0v) is 16.6. The second-order valence-corrected chi connectivity index (χ2v) is 7.57. The third-order valence-electron chi connectivity index (χ3n) is 4.63. The number of aromatic nitrogens is 2. The van der Waals surface area contributed by atoms with Crippen molar-refractivity contribution in [3.05, 3.63) is 97.8 Å². The standard InChI is InChI=1S/C21H14F3N3O3S/c22-13-5-6-15(24)16(9-13)25-18(28)11-26-17-7-8-31-19(17)20(29)27(21(26)30)10-12-3-1-2-4-14(12)23/h1-9H,10-11H2,(H,25,28). The lowest BCUT2D eigenvalue weighted by Gasteiger charge is -2.13. The van der Waals surface area contributed by atoms with Crippen molar-refractivity contribution in [3.63, 3.8) is 0 Å². The second kappa shape index (κ2) is 8.23. The maximum Gasteiger partial charge on any atom is 0.332 e. The van der Waals surface area contributed by atoms with Gasteiger partial charge in [0.2, 0.25) is 5.91 Å². The van der Waals surface area contributed by atoms with Gasteiger partial charge in [0.1, 0.15) is 28.7 Å². The lowest BCUT2D eigenvalue weighted by molar-refractivity contribution is -0.116. The summed E-state index contributed by atoms with van der Waals surface area (Å²) in [5.41, 5.74) is -1.45. The largest absolute Gasteiger partial charge is 0.332 e. The first-order valence-electron chi connectivity index (χ1n) is 9.04. The number of rotatable bonds is 5. The third kappa shape index (κ3) is 4.02. The molecule has 0 aliphatic rings. The molecule has 2 aromatic heterocycles. The molecule has 0 aliphatic heterocycles. The predicted octanol–water partition coefficient (Wildman–Crippen LogP) is 3.33. The Morgan fingerprint density at radius 3 is 2.52 bits per heavy atom. The monoisotopic (exact) mass is 445 g/mol. The Labute approximate surface area is 176 Å². The smallest absolute Gasteiger partial charge is 0.322 e. The van der Waals surface area contributed by atoms with Gasteiger partial charge < -0.3 is 5.32 Å². The van der Waals surface area contributed by atoms with Crippen LogP contribution in [0.2, 0.25) is 0 Å². The molecule has 0 radical (unpaired) electrons. The highest BCUT2D eigenvalue weighted by Crippen LogP contribution is 2.18. The number of hydrogen-bond donors (Lipinski definition) is 1. The normalized spacial score (nSPS) is 11.1. The van der Waals surface area contributed by atoms with Crippen LogP contribution in [0, 0.1) is 17.5 Å². The van der Waals surface area contributed by atoms with Gasteiger partial charge in [0.15, 0.2) is 0 Å². The quantitative estimate of drug-likeness (QED) is 0.512. The summed E-state index contributed by atoms with van der Waals surface area (Å²) in [6.07, 6.45) is 0. The maximum absolute atomic E-state index is 14.1. The minimum atomic E-state index is -0.840. The highest BCUT2D eigenvalue weighted by molar-refractivity contribution is 7.17. The van der Waals surface area contributed by atoms with E-state index in [0.29, 0.717) is 0 Å². The van der Waals surface area contributed by atoms with E-state index < -0.39 is 41.2 Å². The summed E-state index contributed by atoms with van der Waals surface area (Å²) < 4.78 is 43.3. The summed E-state index contributed by atoms with van der Waals surface area (Å²) in [5, 5.41) is 3.80. The highest BCUT2D eigenvalue weighted by atomic mass is 32.1. The topological polar surface area (TPSA) is 73.1 Å². The fourth-order valence-electron chi connectivity index (χ4n) is 3.15. The lowest BCUT2D eigenvalue weighted by atomic mass is 10.2. The molecule has 0 saturated carbocycles. The van der Waals surface area contributed by atoms with Gasteiger partial charge >= 0.3 is 5.69 Å². The summed E-state index contributed by atoms with van der Waals surface area (Å²) in [6, 6.07) is 9.81. The zero-order valence-electron chi connectivity index (χ0n) is 15.8. The first-order chi connectivity index (χ1) is 14.8. The molecule has 0 unspecified atom stereocenters. The Hall–Kier alpha value is -3.66. The Morgan fingerprint density at radius 1 is 0.968 bits per heavy atom. The number of fused-ring (bicyclic) bond motifs is 1. The molecular formula is C21H14F3N3O3S. The predicted molar refractivity (Wildman–Crippen MR) is 111 cm³/mol. The summed E-state index contributed by atoms with van der Waals surface area (Å²) in [6.45, 7) is -0.877. The molecule has 158 valence electrons. The van der Waals surface area contributed by atoms with E-state index in [9.17, 15) is 27.6 Å². The van der Waals surface area contributed by atoms with Crippen molar-refractivity contribution in [2.45, 2.75) is 13.1 Å². The van der Waals surface area contributed by atoms with Crippen LogP contribution in [0.25, 0.3) is 10.2 Å². The average molecular weight is 445 g/mol. The molecule has 4 rings (SSSR count). The van der Waals surface area contributed by atoms with Gasteiger partial charge in [-0.25, -0.2) is 18.0 Å². The number of nitrogens with zero attached hydrogens (tertiary/aromatic N) is 2. The number of halogens is 3. The molecule has 0 atom stereocenters. The first kappa shape index (κ1) is 20.6. The number of hydrogen-bond acceptors (Lipinski definition) is 4. The van der Waals surface area contributed by atoms with Crippen LogP contribution in [0.3, 0.4) is 0 Å². The Balaban J connectivity index is 1.74. The number of thiophene rings is 1. The van der Waals surface area contributed by atoms with Crippen LogP contribution in [0.15, 0.2) is 63.5 Å². The lowest BCUT2D eigenvalue weighted by Crippen LogP contribution is -2.41. The van der Waals surface area contributed by atoms with Crippen molar-refractivity contribution in [2.75, 3.05) is 5.32 Å². The van der Waals surface area contributed by atoms with Gasteiger partial charge in [-0.2, -0.15) is 0 Å². The molecule has 6 nitrogen and oxygen atoms in total. The van der Waals surface area contributed by atoms with Crippen LogP contribution >= 0.6 is 11.3 Å². The summed E-state index contributed by atoms with van der Waals surface area (Å²) in [5.74, 6) is -2.96. The fourth-order valence-corrected chi connectivity index (χ4v) is 3.99. The van der Waals surface area contributed by atoms with E-state index in [1.807, 2.05) is 0 Å². The van der Waals surface area contributed by atoms with Crippen LogP contribution in [0.5, 0.6) is 0 Å². The highest BCUT2D eigenvalue weighted by Gasteiger charge is 2.18. The molecule has 0 bridgehead atoms. The number of carbonyl (C=O) groups excluding carboxylic acids is 1. The third-order valence-corrected chi connectivity index (χ3v) is 5.52. The van der Waals surface area contributed by atoms with Crippen LogP contribution < -0.4 is 16.6 Å². The van der Waals surface area contributed by atoms with Gasteiger partial charge in [-0.3, -0.25) is 18.7 Å². The van der Waals surface area contributed by atoms with E-state index in [4.69, 9.17) is 0 Å². The summed E-state index contributed by atoms with van der Waals surface area (Å²) >= 11 is 1.07. The molecule has 0 saturated heterocycles. The van der Waals surface area contributed by atoms with Crippen molar-refractivity contribution in [3.8, 4) is 0 Å². The zero-order chi connectivity index (χ0) is 22.1. The number of benzene rings is 2. The SMILES string of the molecule is O=C(Cn1c(=O)n(Cc2ccccc2F)c(=O)c2sccc21)Nc1cc(F)ccc1F. The molecule has 31 heavy (non-hydrogen) atoms. The molecule has 0 fully saturated rings. The molecule has 4 aromatic rings. The minimum absolute atomic E-state index is 0.135. The average Bonchev–Trinajstić information content (AvgIpc) is 3.22. The molecule has 0 aliphatic carbocycles. The number of amides is 1. The maximum atomic E-state index is 14.1. The van der Waals surface area contributed by atoms with E-state index in [1.54, 1.807) is 11.4 Å². The molecule has 2 heterocycles. The molecule has 1 amide bonds. The van der Waals surface area contributed by atoms with Gasteiger partial charge in [0.05, 0.1) is 17.7 Å². The van der Waals surface area contributed by atoms with E-state index in [1.165, 1.54) is 24.3 Å². The number of nitrogens with one attached hydrogen (secondary N) is 1.